The predicted molar refractivity (Wildman–Crippen MR) is 36.7 cm³/mol. The van der Waals surface area contributed by atoms with Gasteiger partial charge in [-0.15, -0.1) is 10.2 Å². The van der Waals surface area contributed by atoms with Gasteiger partial charge in [-0.05, 0) is 6.92 Å². The van der Waals surface area contributed by atoms with Gasteiger partial charge >= 0.3 is 0 Å². The average molecular weight is 138 g/mol. The fraction of sp³-hybridized carbons (Fsp3) is 0.667. The first-order valence-corrected chi connectivity index (χ1v) is 3.45. The first kappa shape index (κ1) is 5.85. The fourth-order valence-electron chi connectivity index (χ4n) is 1.13. The van der Waals surface area contributed by atoms with E-state index in [9.17, 15) is 0 Å². The number of rotatable bonds is 1. The van der Waals surface area contributed by atoms with Crippen LogP contribution in [0.3, 0.4) is 0 Å². The van der Waals surface area contributed by atoms with Crippen molar-refractivity contribution in [1.29, 1.82) is 0 Å². The molecule has 1 aliphatic heterocycles. The lowest BCUT2D eigenvalue weighted by atomic mass is 10.2. The van der Waals surface area contributed by atoms with Gasteiger partial charge in [-0.2, -0.15) is 0 Å². The van der Waals surface area contributed by atoms with Crippen molar-refractivity contribution in [3.8, 4) is 0 Å². The molecule has 1 N–H and O–H groups in total. The first-order valence-electron chi connectivity index (χ1n) is 3.45. The molecule has 4 heteroatoms. The van der Waals surface area contributed by atoms with Crippen molar-refractivity contribution >= 4 is 0 Å². The highest BCUT2D eigenvalue weighted by Gasteiger charge is 2.19. The third-order valence-corrected chi connectivity index (χ3v) is 1.91. The molecule has 0 amide bonds. The summed E-state index contributed by atoms with van der Waals surface area (Å²) < 4.78 is 2.11. The SMILES string of the molecule is Cc1nncn1C1CNC1. The summed E-state index contributed by atoms with van der Waals surface area (Å²) in [5.41, 5.74) is 0. The Hall–Kier alpha value is -0.900. The Balaban J connectivity index is 2.23. The van der Waals surface area contributed by atoms with Crippen LogP contribution < -0.4 is 5.32 Å². The molecule has 1 aromatic rings. The van der Waals surface area contributed by atoms with Crippen LogP contribution in [-0.2, 0) is 0 Å². The molecule has 1 fully saturated rings. The summed E-state index contributed by atoms with van der Waals surface area (Å²) in [5, 5.41) is 10.9. The van der Waals surface area contributed by atoms with Gasteiger partial charge in [0.2, 0.25) is 0 Å². The Bertz CT molecular complexity index is 225. The van der Waals surface area contributed by atoms with Crippen molar-refractivity contribution in [3.63, 3.8) is 0 Å². The molecular weight excluding hydrogens is 128 g/mol. The first-order chi connectivity index (χ1) is 4.88. The smallest absolute Gasteiger partial charge is 0.129 e. The summed E-state index contributed by atoms with van der Waals surface area (Å²) in [6, 6.07) is 0.593. The number of aryl methyl sites for hydroxylation is 1. The quantitative estimate of drug-likeness (QED) is 0.581. The van der Waals surface area contributed by atoms with E-state index >= 15 is 0 Å². The Morgan fingerprint density at radius 2 is 2.50 bits per heavy atom. The highest BCUT2D eigenvalue weighted by atomic mass is 15.3. The summed E-state index contributed by atoms with van der Waals surface area (Å²) in [6.07, 6.45) is 1.79. The van der Waals surface area contributed by atoms with Crippen LogP contribution in [0.1, 0.15) is 11.9 Å². The number of nitrogens with zero attached hydrogens (tertiary/aromatic N) is 3. The van der Waals surface area contributed by atoms with Crippen molar-refractivity contribution in [3.05, 3.63) is 12.2 Å². The molecule has 54 valence electrons. The topological polar surface area (TPSA) is 42.7 Å². The second-order valence-corrected chi connectivity index (χ2v) is 2.60. The fourth-order valence-corrected chi connectivity index (χ4v) is 1.13. The maximum Gasteiger partial charge on any atom is 0.129 e. The highest BCUT2D eigenvalue weighted by molar-refractivity contribution is 4.91. The number of aromatic nitrogens is 3. The van der Waals surface area contributed by atoms with Crippen LogP contribution in [-0.4, -0.2) is 27.9 Å². The molecule has 2 heterocycles. The molecule has 1 aliphatic rings. The van der Waals surface area contributed by atoms with Gasteiger partial charge in [0.05, 0.1) is 6.04 Å². The van der Waals surface area contributed by atoms with Gasteiger partial charge in [0.25, 0.3) is 0 Å². The molecule has 0 aromatic carbocycles. The zero-order valence-corrected chi connectivity index (χ0v) is 5.91. The van der Waals surface area contributed by atoms with Crippen LogP contribution in [0.4, 0.5) is 0 Å². The van der Waals surface area contributed by atoms with Crippen LogP contribution in [0.2, 0.25) is 0 Å². The third kappa shape index (κ3) is 0.724. The molecule has 0 saturated carbocycles. The van der Waals surface area contributed by atoms with Crippen molar-refractivity contribution < 1.29 is 0 Å². The molecular formula is C6H10N4. The summed E-state index contributed by atoms with van der Waals surface area (Å²) in [7, 11) is 0. The molecule has 0 radical (unpaired) electrons. The van der Waals surface area contributed by atoms with Gasteiger partial charge in [-0.25, -0.2) is 0 Å². The largest absolute Gasteiger partial charge is 0.313 e. The van der Waals surface area contributed by atoms with E-state index < -0.39 is 0 Å². The van der Waals surface area contributed by atoms with E-state index in [4.69, 9.17) is 0 Å². The average Bonchev–Trinajstić information content (AvgIpc) is 2.12. The van der Waals surface area contributed by atoms with Crippen molar-refractivity contribution in [1.82, 2.24) is 20.1 Å². The lowest BCUT2D eigenvalue weighted by Crippen LogP contribution is -2.43. The zero-order valence-electron chi connectivity index (χ0n) is 5.91. The normalized spacial score (nSPS) is 18.9. The predicted octanol–water partition coefficient (Wildman–Crippen LogP) is -0.269. The maximum absolute atomic E-state index is 3.90. The zero-order chi connectivity index (χ0) is 6.97. The number of hydrogen-bond donors (Lipinski definition) is 1. The van der Waals surface area contributed by atoms with Crippen LogP contribution >= 0.6 is 0 Å². The Labute approximate surface area is 59.3 Å². The lowest BCUT2D eigenvalue weighted by Gasteiger charge is -2.28. The second kappa shape index (κ2) is 2.05. The van der Waals surface area contributed by atoms with Gasteiger partial charge in [-0.3, -0.25) is 0 Å². The van der Waals surface area contributed by atoms with Crippen molar-refractivity contribution in [2.45, 2.75) is 13.0 Å². The third-order valence-electron chi connectivity index (χ3n) is 1.91. The highest BCUT2D eigenvalue weighted by Crippen LogP contribution is 2.11. The molecule has 0 bridgehead atoms. The lowest BCUT2D eigenvalue weighted by molar-refractivity contribution is 0.338. The van der Waals surface area contributed by atoms with E-state index in [0.717, 1.165) is 18.9 Å². The van der Waals surface area contributed by atoms with Crippen LogP contribution in [0, 0.1) is 6.92 Å². The van der Waals surface area contributed by atoms with Gasteiger partial charge < -0.3 is 9.88 Å². The molecule has 10 heavy (non-hydrogen) atoms. The summed E-state index contributed by atoms with van der Waals surface area (Å²) in [4.78, 5) is 0. The number of hydrogen-bond acceptors (Lipinski definition) is 3. The molecule has 1 aromatic heterocycles. The number of nitrogens with one attached hydrogen (secondary N) is 1. The van der Waals surface area contributed by atoms with Crippen molar-refractivity contribution in [2.75, 3.05) is 13.1 Å². The molecule has 1 saturated heterocycles. The molecule has 0 atom stereocenters. The van der Waals surface area contributed by atoms with E-state index in [1.165, 1.54) is 0 Å². The van der Waals surface area contributed by atoms with E-state index in [1.54, 1.807) is 6.33 Å². The van der Waals surface area contributed by atoms with E-state index in [1.807, 2.05) is 6.92 Å². The second-order valence-electron chi connectivity index (χ2n) is 2.60. The Morgan fingerprint density at radius 3 is 2.90 bits per heavy atom. The molecule has 0 aliphatic carbocycles. The van der Waals surface area contributed by atoms with Crippen LogP contribution in [0.5, 0.6) is 0 Å². The molecule has 2 rings (SSSR count). The molecule has 4 nitrogen and oxygen atoms in total. The molecule has 0 unspecified atom stereocenters. The summed E-state index contributed by atoms with van der Waals surface area (Å²) in [5.74, 6) is 1.01. The van der Waals surface area contributed by atoms with Crippen LogP contribution in [0.15, 0.2) is 6.33 Å². The van der Waals surface area contributed by atoms with Gasteiger partial charge in [0.1, 0.15) is 12.2 Å². The van der Waals surface area contributed by atoms with Crippen LogP contribution in [0.25, 0.3) is 0 Å². The van der Waals surface area contributed by atoms with E-state index in [0.29, 0.717) is 6.04 Å². The van der Waals surface area contributed by atoms with Gasteiger partial charge in [0.15, 0.2) is 0 Å². The minimum atomic E-state index is 0.593. The molecule has 0 spiro atoms. The minimum absolute atomic E-state index is 0.593. The standard InChI is InChI=1S/C6H10N4/c1-5-9-8-4-10(5)6-2-7-3-6/h4,6-7H,2-3H2,1H3. The van der Waals surface area contributed by atoms with Crippen molar-refractivity contribution in [2.24, 2.45) is 0 Å². The summed E-state index contributed by atoms with van der Waals surface area (Å²) in [6.45, 7) is 4.09. The monoisotopic (exact) mass is 138 g/mol. The Morgan fingerprint density at radius 1 is 1.70 bits per heavy atom. The van der Waals surface area contributed by atoms with Gasteiger partial charge in [0, 0.05) is 13.1 Å². The minimum Gasteiger partial charge on any atom is -0.313 e. The summed E-state index contributed by atoms with van der Waals surface area (Å²) >= 11 is 0. The van der Waals surface area contributed by atoms with E-state index in [2.05, 4.69) is 20.1 Å². The Kier molecular flexibility index (Phi) is 1.20. The van der Waals surface area contributed by atoms with E-state index in [-0.39, 0.29) is 0 Å². The van der Waals surface area contributed by atoms with Gasteiger partial charge in [-0.1, -0.05) is 0 Å². The maximum atomic E-state index is 3.90.